The van der Waals surface area contributed by atoms with Crippen molar-refractivity contribution < 1.29 is 23.9 Å². The maximum Gasteiger partial charge on any atom is 0.338 e. The lowest BCUT2D eigenvalue weighted by molar-refractivity contribution is -0.928. The molecule has 31 heavy (non-hydrogen) atoms. The van der Waals surface area contributed by atoms with E-state index < -0.39 is 0 Å². The van der Waals surface area contributed by atoms with Crippen molar-refractivity contribution >= 4 is 5.97 Å². The van der Waals surface area contributed by atoms with Gasteiger partial charge >= 0.3 is 5.97 Å². The van der Waals surface area contributed by atoms with E-state index in [1.165, 1.54) is 23.3 Å². The molecule has 6 heteroatoms. The second-order valence-corrected chi connectivity index (χ2v) is 7.47. The number of nitrogens with one attached hydrogen (secondary N) is 1. The Kier molecular flexibility index (Phi) is 8.27. The summed E-state index contributed by atoms with van der Waals surface area (Å²) in [5, 5.41) is 0. The first-order chi connectivity index (χ1) is 15.1. The van der Waals surface area contributed by atoms with Crippen LogP contribution in [0.3, 0.4) is 0 Å². The van der Waals surface area contributed by atoms with Gasteiger partial charge < -0.3 is 23.7 Å². The van der Waals surface area contributed by atoms with Crippen molar-refractivity contribution in [1.29, 1.82) is 0 Å². The van der Waals surface area contributed by atoms with Gasteiger partial charge in [-0.15, -0.1) is 0 Å². The van der Waals surface area contributed by atoms with Gasteiger partial charge in [-0.1, -0.05) is 30.3 Å². The molecule has 2 aromatic carbocycles. The number of carbonyl (C=O) groups is 1. The molecular formula is C25H31N2O4+. The third-order valence-electron chi connectivity index (χ3n) is 5.36. The predicted octanol–water partition coefficient (Wildman–Crippen LogP) is 2.56. The number of carbonyl (C=O) groups excluding carboxylic acids is 1. The highest BCUT2D eigenvalue weighted by molar-refractivity contribution is 5.90. The SMILES string of the molecule is COCC[NH+](Cc1ccccc1C(=O)OC)Cc1cccn1Cc1cccc(OC)c1. The van der Waals surface area contributed by atoms with E-state index in [0.29, 0.717) is 18.7 Å². The summed E-state index contributed by atoms with van der Waals surface area (Å²) < 4.78 is 17.9. The Bertz CT molecular complexity index is 983. The summed E-state index contributed by atoms with van der Waals surface area (Å²) in [5.41, 5.74) is 4.01. The monoisotopic (exact) mass is 423 g/mol. The first kappa shape index (κ1) is 22.6. The Balaban J connectivity index is 1.78. The largest absolute Gasteiger partial charge is 0.497 e. The summed E-state index contributed by atoms with van der Waals surface area (Å²) in [6, 6.07) is 20.0. The van der Waals surface area contributed by atoms with E-state index in [1.54, 1.807) is 14.2 Å². The fraction of sp³-hybridized carbons (Fsp3) is 0.320. The van der Waals surface area contributed by atoms with Crippen LogP contribution in [0.1, 0.15) is 27.2 Å². The molecule has 1 heterocycles. The van der Waals surface area contributed by atoms with Crippen LogP contribution < -0.4 is 9.64 Å². The number of methoxy groups -OCH3 is 3. The molecule has 0 amide bonds. The number of nitrogens with zero attached hydrogens (tertiary/aromatic N) is 1. The van der Waals surface area contributed by atoms with Gasteiger partial charge in [0.1, 0.15) is 25.4 Å². The fourth-order valence-corrected chi connectivity index (χ4v) is 3.73. The molecule has 3 aromatic rings. The average molecular weight is 424 g/mol. The second-order valence-electron chi connectivity index (χ2n) is 7.47. The van der Waals surface area contributed by atoms with Crippen LogP contribution >= 0.6 is 0 Å². The summed E-state index contributed by atoms with van der Waals surface area (Å²) in [6.45, 7) is 3.77. The molecule has 1 aromatic heterocycles. The van der Waals surface area contributed by atoms with Crippen molar-refractivity contribution in [2.24, 2.45) is 0 Å². The quantitative estimate of drug-likeness (QED) is 0.482. The lowest BCUT2D eigenvalue weighted by Gasteiger charge is -2.21. The fourth-order valence-electron chi connectivity index (χ4n) is 3.73. The van der Waals surface area contributed by atoms with Gasteiger partial charge in [0.25, 0.3) is 0 Å². The number of hydrogen-bond donors (Lipinski definition) is 1. The Morgan fingerprint density at radius 3 is 2.58 bits per heavy atom. The Hall–Kier alpha value is -3.09. The normalized spacial score (nSPS) is 11.8. The Labute approximate surface area is 184 Å². The van der Waals surface area contributed by atoms with Crippen LogP contribution in [0.5, 0.6) is 5.75 Å². The van der Waals surface area contributed by atoms with Crippen LogP contribution in [-0.2, 0) is 29.1 Å². The zero-order valence-electron chi connectivity index (χ0n) is 18.5. The van der Waals surface area contributed by atoms with Gasteiger partial charge in [-0.3, -0.25) is 0 Å². The minimum atomic E-state index is -0.303. The summed E-state index contributed by atoms with van der Waals surface area (Å²) in [6.07, 6.45) is 2.10. The first-order valence-electron chi connectivity index (χ1n) is 10.4. The molecule has 164 valence electrons. The van der Waals surface area contributed by atoms with Crippen LogP contribution in [0.25, 0.3) is 0 Å². The van der Waals surface area contributed by atoms with Crippen molar-refractivity contribution in [3.8, 4) is 5.75 Å². The third kappa shape index (κ3) is 6.20. The van der Waals surface area contributed by atoms with Crippen LogP contribution in [0.2, 0.25) is 0 Å². The number of rotatable bonds is 11. The molecule has 0 bridgehead atoms. The minimum Gasteiger partial charge on any atom is -0.497 e. The van der Waals surface area contributed by atoms with Crippen molar-refractivity contribution in [2.75, 3.05) is 34.5 Å². The molecule has 0 saturated heterocycles. The predicted molar refractivity (Wildman–Crippen MR) is 119 cm³/mol. The van der Waals surface area contributed by atoms with E-state index in [2.05, 4.69) is 35.0 Å². The number of hydrogen-bond acceptors (Lipinski definition) is 4. The molecule has 0 fully saturated rings. The summed E-state index contributed by atoms with van der Waals surface area (Å²) in [4.78, 5) is 13.5. The minimum absolute atomic E-state index is 0.303. The highest BCUT2D eigenvalue weighted by Gasteiger charge is 2.18. The number of benzene rings is 2. The zero-order valence-corrected chi connectivity index (χ0v) is 18.5. The lowest BCUT2D eigenvalue weighted by atomic mass is 10.1. The van der Waals surface area contributed by atoms with E-state index in [9.17, 15) is 4.79 Å². The summed E-state index contributed by atoms with van der Waals surface area (Å²) >= 11 is 0. The van der Waals surface area contributed by atoms with Crippen molar-refractivity contribution in [2.45, 2.75) is 19.6 Å². The van der Waals surface area contributed by atoms with E-state index in [1.807, 2.05) is 36.4 Å². The first-order valence-corrected chi connectivity index (χ1v) is 10.4. The molecule has 1 atom stereocenters. The molecule has 0 spiro atoms. The van der Waals surface area contributed by atoms with Gasteiger partial charge in [0.15, 0.2) is 0 Å². The topological polar surface area (TPSA) is 54.1 Å². The standard InChI is InChI=1S/C25H30N2O4/c1-29-15-14-26(18-21-9-4-5-12-24(21)25(28)31-3)19-22-10-7-13-27(22)17-20-8-6-11-23(16-20)30-2/h4-13,16H,14-15,17-19H2,1-3H3/p+1. The van der Waals surface area contributed by atoms with Crippen molar-refractivity contribution in [3.05, 3.63) is 89.2 Å². The van der Waals surface area contributed by atoms with Gasteiger partial charge in [0.2, 0.25) is 0 Å². The smallest absolute Gasteiger partial charge is 0.338 e. The van der Waals surface area contributed by atoms with Crippen LogP contribution in [0.15, 0.2) is 66.9 Å². The van der Waals surface area contributed by atoms with Crippen LogP contribution in [-0.4, -0.2) is 45.0 Å². The molecule has 3 rings (SSSR count). The molecule has 1 unspecified atom stereocenters. The molecular weight excluding hydrogens is 392 g/mol. The molecule has 0 saturated carbocycles. The van der Waals surface area contributed by atoms with E-state index in [4.69, 9.17) is 14.2 Å². The number of quaternary nitrogens is 1. The van der Waals surface area contributed by atoms with Gasteiger partial charge in [-0.05, 0) is 35.9 Å². The maximum atomic E-state index is 12.2. The lowest BCUT2D eigenvalue weighted by Crippen LogP contribution is -3.10. The highest BCUT2D eigenvalue weighted by Crippen LogP contribution is 2.15. The van der Waals surface area contributed by atoms with E-state index in [0.717, 1.165) is 30.9 Å². The van der Waals surface area contributed by atoms with Crippen molar-refractivity contribution in [1.82, 2.24) is 4.57 Å². The molecule has 0 aliphatic carbocycles. The Morgan fingerprint density at radius 2 is 1.81 bits per heavy atom. The Morgan fingerprint density at radius 1 is 0.968 bits per heavy atom. The maximum absolute atomic E-state index is 12.2. The van der Waals surface area contributed by atoms with Gasteiger partial charge in [0, 0.05) is 25.4 Å². The summed E-state index contributed by atoms with van der Waals surface area (Å²) in [5.74, 6) is 0.557. The number of ether oxygens (including phenoxy) is 3. The van der Waals surface area contributed by atoms with Crippen LogP contribution in [0.4, 0.5) is 0 Å². The molecule has 0 aliphatic rings. The molecule has 1 N–H and O–H groups in total. The highest BCUT2D eigenvalue weighted by atomic mass is 16.5. The zero-order chi connectivity index (χ0) is 22.1. The number of aromatic nitrogens is 1. The van der Waals surface area contributed by atoms with Crippen molar-refractivity contribution in [3.63, 3.8) is 0 Å². The second kappa shape index (κ2) is 11.3. The molecule has 0 radical (unpaired) electrons. The van der Waals surface area contributed by atoms with Crippen LogP contribution in [0, 0.1) is 0 Å². The number of esters is 1. The van der Waals surface area contributed by atoms with E-state index >= 15 is 0 Å². The molecule has 6 nitrogen and oxygen atoms in total. The molecule has 0 aliphatic heterocycles. The average Bonchev–Trinajstić information content (AvgIpc) is 3.23. The van der Waals surface area contributed by atoms with Gasteiger partial charge in [-0.25, -0.2) is 4.79 Å². The van der Waals surface area contributed by atoms with E-state index in [-0.39, 0.29) is 5.97 Å². The third-order valence-corrected chi connectivity index (χ3v) is 5.36. The summed E-state index contributed by atoms with van der Waals surface area (Å²) in [7, 11) is 4.81. The van der Waals surface area contributed by atoms with Gasteiger partial charge in [0.05, 0.1) is 32.1 Å². The van der Waals surface area contributed by atoms with Gasteiger partial charge in [-0.2, -0.15) is 0 Å².